The standard InChI is InChI=1S/C27H30FN5O4S/c1-16(2)15-37-20-13-18(12-19(28)14-20)22-9-8-21-25(30-22)32-17(3)10-11-27(32,4)33(26(21)34)38(35,36)24-7-5-6-23(29)31-24/h5-9,12-14,16-17H,10-11,15H2,1-4H3,(H2,29,31). The number of sulfonamides is 1. The van der Waals surface area contributed by atoms with Crippen LogP contribution in [0.3, 0.4) is 0 Å². The van der Waals surface area contributed by atoms with Crippen molar-refractivity contribution >= 4 is 27.6 Å². The number of hydrogen-bond donors (Lipinski definition) is 1. The lowest BCUT2D eigenvalue weighted by Crippen LogP contribution is -2.64. The second-order valence-corrected chi connectivity index (χ2v) is 12.1. The first-order chi connectivity index (χ1) is 17.9. The highest BCUT2D eigenvalue weighted by Crippen LogP contribution is 2.48. The zero-order valence-corrected chi connectivity index (χ0v) is 22.5. The summed E-state index contributed by atoms with van der Waals surface area (Å²) < 4.78 is 48.7. The van der Waals surface area contributed by atoms with E-state index in [1.165, 1.54) is 30.3 Å². The van der Waals surface area contributed by atoms with Crippen LogP contribution in [0.25, 0.3) is 11.3 Å². The summed E-state index contributed by atoms with van der Waals surface area (Å²) in [6.45, 7) is 8.12. The summed E-state index contributed by atoms with van der Waals surface area (Å²) in [5.41, 5.74) is 5.61. The summed E-state index contributed by atoms with van der Waals surface area (Å²) in [4.78, 5) is 24.5. The molecule has 0 radical (unpaired) electrons. The van der Waals surface area contributed by atoms with Crippen LogP contribution in [0.4, 0.5) is 16.0 Å². The maximum absolute atomic E-state index is 14.5. The normalized spacial score (nSPS) is 21.0. The molecule has 2 unspecified atom stereocenters. The molecule has 1 fully saturated rings. The van der Waals surface area contributed by atoms with Gasteiger partial charge >= 0.3 is 0 Å². The Kier molecular flexibility index (Phi) is 6.29. The number of nitrogens with zero attached hydrogens (tertiary/aromatic N) is 4. The van der Waals surface area contributed by atoms with Crippen LogP contribution in [0, 0.1) is 11.7 Å². The quantitative estimate of drug-likeness (QED) is 0.488. The molecular formula is C27H30FN5O4S. The van der Waals surface area contributed by atoms with Crippen molar-refractivity contribution < 1.29 is 22.3 Å². The molecule has 2 aliphatic rings. The highest BCUT2D eigenvalue weighted by Gasteiger charge is 2.57. The third-order valence-corrected chi connectivity index (χ3v) is 8.75. The van der Waals surface area contributed by atoms with Crippen LogP contribution in [0.15, 0.2) is 53.6 Å². The molecule has 2 atom stereocenters. The Morgan fingerprint density at radius 3 is 2.66 bits per heavy atom. The molecule has 3 aromatic rings. The fraction of sp³-hybridized carbons (Fsp3) is 0.370. The van der Waals surface area contributed by atoms with Gasteiger partial charge in [0, 0.05) is 17.7 Å². The van der Waals surface area contributed by atoms with E-state index in [1.807, 2.05) is 25.7 Å². The molecule has 2 aliphatic heterocycles. The highest BCUT2D eigenvalue weighted by atomic mass is 32.2. The van der Waals surface area contributed by atoms with Gasteiger partial charge in [-0.2, -0.15) is 8.42 Å². The number of ether oxygens (including phenoxy) is 1. The molecule has 0 saturated carbocycles. The fourth-order valence-electron chi connectivity index (χ4n) is 5.22. The van der Waals surface area contributed by atoms with Gasteiger partial charge in [0.25, 0.3) is 15.9 Å². The largest absolute Gasteiger partial charge is 0.493 e. The average molecular weight is 540 g/mol. The van der Waals surface area contributed by atoms with E-state index in [-0.39, 0.29) is 28.4 Å². The third kappa shape index (κ3) is 4.24. The first-order valence-electron chi connectivity index (χ1n) is 12.5. The van der Waals surface area contributed by atoms with Crippen molar-refractivity contribution in [2.45, 2.75) is 57.3 Å². The molecule has 200 valence electrons. The highest BCUT2D eigenvalue weighted by molar-refractivity contribution is 7.89. The van der Waals surface area contributed by atoms with Crippen LogP contribution in [0.2, 0.25) is 0 Å². The Morgan fingerprint density at radius 1 is 1.18 bits per heavy atom. The summed E-state index contributed by atoms with van der Waals surface area (Å²) in [7, 11) is -4.34. The Morgan fingerprint density at radius 2 is 1.95 bits per heavy atom. The number of fused-ring (bicyclic) bond motifs is 3. The lowest BCUT2D eigenvalue weighted by Gasteiger charge is -2.49. The van der Waals surface area contributed by atoms with Crippen molar-refractivity contribution in [1.29, 1.82) is 0 Å². The minimum atomic E-state index is -4.34. The van der Waals surface area contributed by atoms with Gasteiger partial charge in [-0.15, -0.1) is 0 Å². The predicted molar refractivity (Wildman–Crippen MR) is 142 cm³/mol. The minimum absolute atomic E-state index is 0.0378. The van der Waals surface area contributed by atoms with Crippen LogP contribution < -0.4 is 15.4 Å². The number of nitrogens with two attached hydrogens (primary N) is 1. The van der Waals surface area contributed by atoms with E-state index in [4.69, 9.17) is 15.5 Å². The van der Waals surface area contributed by atoms with Crippen molar-refractivity contribution in [2.24, 2.45) is 5.92 Å². The minimum Gasteiger partial charge on any atom is -0.493 e. The average Bonchev–Trinajstić information content (AvgIpc) is 3.16. The number of aromatic nitrogens is 2. The van der Waals surface area contributed by atoms with Crippen molar-refractivity contribution in [3.05, 3.63) is 59.9 Å². The predicted octanol–water partition coefficient (Wildman–Crippen LogP) is 4.45. The van der Waals surface area contributed by atoms with Gasteiger partial charge in [-0.1, -0.05) is 19.9 Å². The molecule has 2 N–H and O–H groups in total. The Hall–Kier alpha value is -3.73. The number of nitrogen functional groups attached to an aromatic ring is 1. The van der Waals surface area contributed by atoms with Gasteiger partial charge < -0.3 is 15.4 Å². The van der Waals surface area contributed by atoms with E-state index in [0.29, 0.717) is 42.3 Å². The number of carbonyl (C=O) groups is 1. The number of anilines is 2. The molecule has 0 bridgehead atoms. The SMILES string of the molecule is CC(C)COc1cc(F)cc(-c2ccc3c(n2)N2C(C)CCC2(C)N(S(=O)(=O)c2cccc(N)n2)C3=O)c1. The second kappa shape index (κ2) is 9.23. The number of rotatable bonds is 6. The zero-order chi connectivity index (χ0) is 27.4. The van der Waals surface area contributed by atoms with Gasteiger partial charge in [-0.05, 0) is 69.0 Å². The molecule has 1 aromatic carbocycles. The molecule has 0 aliphatic carbocycles. The van der Waals surface area contributed by atoms with Crippen molar-refractivity contribution in [1.82, 2.24) is 14.3 Å². The van der Waals surface area contributed by atoms with Gasteiger partial charge in [0.05, 0.1) is 17.9 Å². The summed E-state index contributed by atoms with van der Waals surface area (Å²) in [6, 6.07) is 11.7. The van der Waals surface area contributed by atoms with Crippen LogP contribution >= 0.6 is 0 Å². The summed E-state index contributed by atoms with van der Waals surface area (Å²) in [5, 5.41) is -0.298. The van der Waals surface area contributed by atoms with E-state index >= 15 is 0 Å². The van der Waals surface area contributed by atoms with E-state index in [2.05, 4.69) is 4.98 Å². The fourth-order valence-corrected chi connectivity index (χ4v) is 6.90. The lowest BCUT2D eigenvalue weighted by atomic mass is 10.0. The molecule has 38 heavy (non-hydrogen) atoms. The van der Waals surface area contributed by atoms with Crippen LogP contribution in [0.1, 0.15) is 50.9 Å². The molecule has 11 heteroatoms. The summed E-state index contributed by atoms with van der Waals surface area (Å²) >= 11 is 0. The summed E-state index contributed by atoms with van der Waals surface area (Å²) in [5.74, 6) is -0.113. The van der Waals surface area contributed by atoms with Gasteiger partial charge in [0.15, 0.2) is 5.03 Å². The summed E-state index contributed by atoms with van der Waals surface area (Å²) in [6.07, 6.45) is 1.04. The number of hydrogen-bond acceptors (Lipinski definition) is 8. The van der Waals surface area contributed by atoms with Gasteiger partial charge in [-0.3, -0.25) is 4.79 Å². The molecule has 1 saturated heterocycles. The number of halogens is 1. The van der Waals surface area contributed by atoms with Crippen molar-refractivity contribution in [3.8, 4) is 17.0 Å². The molecule has 5 rings (SSSR count). The third-order valence-electron chi connectivity index (χ3n) is 6.95. The Balaban J connectivity index is 1.62. The molecular weight excluding hydrogens is 509 g/mol. The van der Waals surface area contributed by atoms with E-state index in [1.54, 1.807) is 25.1 Å². The van der Waals surface area contributed by atoms with Gasteiger partial charge in [-0.25, -0.2) is 18.7 Å². The van der Waals surface area contributed by atoms with E-state index < -0.39 is 27.4 Å². The maximum atomic E-state index is 14.5. The topological polar surface area (TPSA) is 119 Å². The first kappa shape index (κ1) is 25.9. The van der Waals surface area contributed by atoms with Crippen LogP contribution in [0.5, 0.6) is 5.75 Å². The Bertz CT molecular complexity index is 1530. The van der Waals surface area contributed by atoms with Crippen molar-refractivity contribution in [3.63, 3.8) is 0 Å². The number of benzene rings is 1. The van der Waals surface area contributed by atoms with Gasteiger partial charge in [0.1, 0.15) is 28.9 Å². The van der Waals surface area contributed by atoms with E-state index in [9.17, 15) is 17.6 Å². The molecule has 9 nitrogen and oxygen atoms in total. The van der Waals surface area contributed by atoms with Gasteiger partial charge in [0.2, 0.25) is 0 Å². The molecule has 2 aromatic heterocycles. The molecule has 4 heterocycles. The lowest BCUT2D eigenvalue weighted by molar-refractivity contribution is 0.0719. The van der Waals surface area contributed by atoms with Crippen LogP contribution in [-0.2, 0) is 10.0 Å². The van der Waals surface area contributed by atoms with Crippen LogP contribution in [-0.4, -0.2) is 46.9 Å². The second-order valence-electron chi connectivity index (χ2n) is 10.4. The number of amides is 1. The number of pyridine rings is 2. The first-order valence-corrected chi connectivity index (χ1v) is 13.9. The maximum Gasteiger partial charge on any atom is 0.286 e. The Labute approximate surface area is 221 Å². The molecule has 0 spiro atoms. The smallest absolute Gasteiger partial charge is 0.286 e. The molecule has 1 amide bonds. The van der Waals surface area contributed by atoms with E-state index in [0.717, 1.165) is 4.31 Å². The number of carbonyl (C=O) groups excluding carboxylic acids is 1. The monoisotopic (exact) mass is 539 g/mol. The van der Waals surface area contributed by atoms with Crippen molar-refractivity contribution in [2.75, 3.05) is 17.2 Å². The zero-order valence-electron chi connectivity index (χ0n) is 21.7.